The van der Waals surface area contributed by atoms with Crippen molar-refractivity contribution >= 4 is 18.0 Å². The molecule has 1 aromatic rings. The van der Waals surface area contributed by atoms with Gasteiger partial charge in [-0.15, -0.1) is 0 Å². The molecule has 6 nitrogen and oxygen atoms in total. The van der Waals surface area contributed by atoms with Crippen LogP contribution in [0, 0.1) is 0 Å². The molecule has 86 valence electrons. The Morgan fingerprint density at radius 2 is 2.38 bits per heavy atom. The number of carbonyl (C=O) groups excluding carboxylic acids is 2. The van der Waals surface area contributed by atoms with Gasteiger partial charge in [-0.25, -0.2) is 0 Å². The van der Waals surface area contributed by atoms with Crippen molar-refractivity contribution in [3.63, 3.8) is 0 Å². The molecule has 0 aliphatic heterocycles. The molecular formula is C10H13N3O3. The second kappa shape index (κ2) is 5.69. The van der Waals surface area contributed by atoms with E-state index in [1.165, 1.54) is 13.2 Å². The van der Waals surface area contributed by atoms with Gasteiger partial charge in [-0.2, -0.15) is 5.10 Å². The molecule has 1 rings (SSSR count). The van der Waals surface area contributed by atoms with Crippen LogP contribution in [-0.4, -0.2) is 35.3 Å². The summed E-state index contributed by atoms with van der Waals surface area (Å²) in [4.78, 5) is 21.9. The summed E-state index contributed by atoms with van der Waals surface area (Å²) in [6, 6.07) is 0. The molecule has 0 saturated heterocycles. The Balaban J connectivity index is 2.39. The molecule has 0 aliphatic rings. The number of nitrogens with zero attached hydrogens (tertiary/aromatic N) is 2. The lowest BCUT2D eigenvalue weighted by atomic mass is 10.3. The molecule has 16 heavy (non-hydrogen) atoms. The van der Waals surface area contributed by atoms with Gasteiger partial charge in [-0.1, -0.05) is 0 Å². The maximum atomic E-state index is 11.2. The Kier molecular flexibility index (Phi) is 4.26. The molecule has 0 unspecified atom stereocenters. The number of hydrogen-bond donors (Lipinski definition) is 1. The van der Waals surface area contributed by atoms with Crippen molar-refractivity contribution in [2.75, 3.05) is 13.7 Å². The largest absolute Gasteiger partial charge is 0.468 e. The summed E-state index contributed by atoms with van der Waals surface area (Å²) in [6.45, 7) is -0.132. The summed E-state index contributed by atoms with van der Waals surface area (Å²) < 4.78 is 6.01. The highest BCUT2D eigenvalue weighted by Crippen LogP contribution is 1.98. The van der Waals surface area contributed by atoms with Crippen LogP contribution in [0.15, 0.2) is 18.5 Å². The minimum absolute atomic E-state index is 0.132. The Bertz CT molecular complexity index is 409. The fourth-order valence-electron chi connectivity index (χ4n) is 0.988. The van der Waals surface area contributed by atoms with E-state index in [9.17, 15) is 9.59 Å². The van der Waals surface area contributed by atoms with E-state index in [-0.39, 0.29) is 12.5 Å². The van der Waals surface area contributed by atoms with Crippen LogP contribution in [0.25, 0.3) is 6.08 Å². The Morgan fingerprint density at radius 1 is 1.62 bits per heavy atom. The molecule has 0 atom stereocenters. The van der Waals surface area contributed by atoms with E-state index in [1.807, 2.05) is 0 Å². The Labute approximate surface area is 92.9 Å². The zero-order valence-corrected chi connectivity index (χ0v) is 9.14. The van der Waals surface area contributed by atoms with E-state index in [4.69, 9.17) is 0 Å². The van der Waals surface area contributed by atoms with Gasteiger partial charge in [0.25, 0.3) is 0 Å². The predicted octanol–water partition coefficient (Wildman–Crippen LogP) is -0.278. The van der Waals surface area contributed by atoms with E-state index < -0.39 is 5.97 Å². The second-order valence-corrected chi connectivity index (χ2v) is 3.07. The third kappa shape index (κ3) is 3.95. The summed E-state index contributed by atoms with van der Waals surface area (Å²) in [5.74, 6) is -0.836. The lowest BCUT2D eigenvalue weighted by molar-refractivity contribution is -0.140. The van der Waals surface area contributed by atoms with Crippen LogP contribution < -0.4 is 5.32 Å². The molecule has 1 aromatic heterocycles. The predicted molar refractivity (Wildman–Crippen MR) is 57.3 cm³/mol. The van der Waals surface area contributed by atoms with Gasteiger partial charge in [0, 0.05) is 24.9 Å². The number of rotatable bonds is 4. The molecule has 6 heteroatoms. The summed E-state index contributed by atoms with van der Waals surface area (Å²) in [6.07, 6.45) is 6.34. The Morgan fingerprint density at radius 3 is 2.94 bits per heavy atom. The number of ether oxygens (including phenoxy) is 1. The van der Waals surface area contributed by atoms with Crippen molar-refractivity contribution in [2.45, 2.75) is 0 Å². The highest BCUT2D eigenvalue weighted by atomic mass is 16.5. The fraction of sp³-hybridized carbons (Fsp3) is 0.300. The van der Waals surface area contributed by atoms with Gasteiger partial charge < -0.3 is 10.1 Å². The van der Waals surface area contributed by atoms with Crippen molar-refractivity contribution < 1.29 is 14.3 Å². The van der Waals surface area contributed by atoms with Crippen LogP contribution in [-0.2, 0) is 21.4 Å². The van der Waals surface area contributed by atoms with Crippen molar-refractivity contribution in [1.29, 1.82) is 0 Å². The normalized spacial score (nSPS) is 10.4. The number of amides is 1. The highest BCUT2D eigenvalue weighted by molar-refractivity contribution is 5.93. The number of esters is 1. The van der Waals surface area contributed by atoms with Gasteiger partial charge in [0.05, 0.1) is 13.3 Å². The van der Waals surface area contributed by atoms with Gasteiger partial charge in [0.15, 0.2) is 0 Å². The highest BCUT2D eigenvalue weighted by Gasteiger charge is 2.01. The molecule has 0 spiro atoms. The molecule has 1 N–H and O–H groups in total. The van der Waals surface area contributed by atoms with Crippen LogP contribution in [0.5, 0.6) is 0 Å². The lowest BCUT2D eigenvalue weighted by Gasteiger charge is -1.98. The van der Waals surface area contributed by atoms with E-state index in [0.29, 0.717) is 0 Å². The standard InChI is InChI=1S/C10H13N3O3/c1-13-7-8(5-12-13)3-4-9(14)11-6-10(15)16-2/h3-5,7H,6H2,1-2H3,(H,11,14)/b4-3+. The number of hydrogen-bond acceptors (Lipinski definition) is 4. The third-order valence-electron chi connectivity index (χ3n) is 1.79. The first kappa shape index (κ1) is 12.0. The summed E-state index contributed by atoms with van der Waals surface area (Å²) >= 11 is 0. The number of methoxy groups -OCH3 is 1. The van der Waals surface area contributed by atoms with Crippen LogP contribution in [0.1, 0.15) is 5.56 Å². The first-order valence-electron chi connectivity index (χ1n) is 4.63. The maximum absolute atomic E-state index is 11.2. The van der Waals surface area contributed by atoms with Crippen molar-refractivity contribution in [2.24, 2.45) is 7.05 Å². The summed E-state index contributed by atoms with van der Waals surface area (Å²) in [7, 11) is 3.05. The molecule has 1 heterocycles. The average Bonchev–Trinajstić information content (AvgIpc) is 2.69. The zero-order chi connectivity index (χ0) is 12.0. The van der Waals surface area contributed by atoms with Gasteiger partial charge in [-0.3, -0.25) is 14.3 Å². The summed E-state index contributed by atoms with van der Waals surface area (Å²) in [5, 5.41) is 6.32. The van der Waals surface area contributed by atoms with Crippen molar-refractivity contribution in [3.8, 4) is 0 Å². The molecular weight excluding hydrogens is 210 g/mol. The van der Waals surface area contributed by atoms with Crippen LogP contribution in [0.4, 0.5) is 0 Å². The minimum atomic E-state index is -0.483. The molecule has 0 aliphatic carbocycles. The number of aromatic nitrogens is 2. The van der Waals surface area contributed by atoms with Crippen LogP contribution in [0.2, 0.25) is 0 Å². The average molecular weight is 223 g/mol. The lowest BCUT2D eigenvalue weighted by Crippen LogP contribution is -2.28. The summed E-state index contributed by atoms with van der Waals surface area (Å²) in [5.41, 5.74) is 0.815. The Hall–Kier alpha value is -2.11. The second-order valence-electron chi connectivity index (χ2n) is 3.07. The molecule has 0 saturated carbocycles. The zero-order valence-electron chi connectivity index (χ0n) is 9.14. The first-order chi connectivity index (χ1) is 7.61. The first-order valence-corrected chi connectivity index (χ1v) is 4.63. The topological polar surface area (TPSA) is 73.2 Å². The molecule has 0 aromatic carbocycles. The van der Waals surface area contributed by atoms with E-state index >= 15 is 0 Å². The van der Waals surface area contributed by atoms with Gasteiger partial charge >= 0.3 is 5.97 Å². The number of nitrogens with one attached hydrogen (secondary N) is 1. The van der Waals surface area contributed by atoms with Gasteiger partial charge in [0.2, 0.25) is 5.91 Å². The SMILES string of the molecule is COC(=O)CNC(=O)/C=C/c1cnn(C)c1. The van der Waals surface area contributed by atoms with Crippen molar-refractivity contribution in [1.82, 2.24) is 15.1 Å². The van der Waals surface area contributed by atoms with Gasteiger partial charge in [-0.05, 0) is 6.08 Å². The van der Waals surface area contributed by atoms with E-state index in [1.54, 1.807) is 30.2 Å². The van der Waals surface area contributed by atoms with E-state index in [2.05, 4.69) is 15.2 Å². The fourth-order valence-corrected chi connectivity index (χ4v) is 0.988. The van der Waals surface area contributed by atoms with Crippen LogP contribution in [0.3, 0.4) is 0 Å². The monoisotopic (exact) mass is 223 g/mol. The number of carbonyl (C=O) groups is 2. The third-order valence-corrected chi connectivity index (χ3v) is 1.79. The molecule has 0 fully saturated rings. The molecule has 0 bridgehead atoms. The maximum Gasteiger partial charge on any atom is 0.325 e. The number of aryl methyl sites for hydroxylation is 1. The van der Waals surface area contributed by atoms with Crippen molar-refractivity contribution in [3.05, 3.63) is 24.0 Å². The molecule has 0 radical (unpaired) electrons. The smallest absolute Gasteiger partial charge is 0.325 e. The quantitative estimate of drug-likeness (QED) is 0.563. The molecule has 1 amide bonds. The minimum Gasteiger partial charge on any atom is -0.468 e. The van der Waals surface area contributed by atoms with Crippen LogP contribution >= 0.6 is 0 Å². The van der Waals surface area contributed by atoms with Gasteiger partial charge in [0.1, 0.15) is 6.54 Å². The van der Waals surface area contributed by atoms with E-state index in [0.717, 1.165) is 5.56 Å².